The lowest BCUT2D eigenvalue weighted by atomic mass is 10.1. The van der Waals surface area contributed by atoms with Gasteiger partial charge in [-0.2, -0.15) is 5.26 Å². The Hall–Kier alpha value is -3.13. The molecular weight excluding hydrogens is 267 g/mol. The minimum absolute atomic E-state index is 0.0354. The Morgan fingerprint density at radius 2 is 2.00 bits per heavy atom. The number of anilines is 3. The van der Waals surface area contributed by atoms with Gasteiger partial charge in [-0.1, -0.05) is 12.1 Å². The lowest BCUT2D eigenvalue weighted by molar-refractivity contribution is 0.624. The number of nitrogens with two attached hydrogens (primary N) is 1. The van der Waals surface area contributed by atoms with Gasteiger partial charge in [-0.05, 0) is 24.3 Å². The van der Waals surface area contributed by atoms with Crippen molar-refractivity contribution in [2.24, 2.45) is 0 Å². The van der Waals surface area contributed by atoms with E-state index in [0.29, 0.717) is 17.1 Å². The van der Waals surface area contributed by atoms with Crippen LogP contribution in [0.15, 0.2) is 48.8 Å². The number of hydrogen-bond donors (Lipinski definition) is 2. The van der Waals surface area contributed by atoms with Crippen LogP contribution in [0.1, 0.15) is 5.56 Å². The third-order valence-corrected chi connectivity index (χ3v) is 3.26. The number of fused-ring (bicyclic) bond motifs is 1. The monoisotopic (exact) mass is 278 g/mol. The molecule has 0 saturated heterocycles. The van der Waals surface area contributed by atoms with Crippen molar-refractivity contribution in [3.63, 3.8) is 0 Å². The molecule has 0 aliphatic carbocycles. The number of rotatable bonds is 2. The van der Waals surface area contributed by atoms with Gasteiger partial charge >= 0.3 is 0 Å². The number of nitrogen functional groups attached to an aromatic ring is 1. The van der Waals surface area contributed by atoms with E-state index in [1.807, 2.05) is 18.2 Å². The van der Waals surface area contributed by atoms with Crippen molar-refractivity contribution in [1.82, 2.24) is 4.98 Å². The van der Waals surface area contributed by atoms with Crippen molar-refractivity contribution in [1.29, 1.82) is 5.26 Å². The molecule has 1 aromatic heterocycles. The Labute approximate surface area is 120 Å². The summed E-state index contributed by atoms with van der Waals surface area (Å²) in [5.41, 5.74) is 7.63. The second kappa shape index (κ2) is 5.10. The molecule has 0 bridgehead atoms. The smallest absolute Gasteiger partial charge is 0.143 e. The Morgan fingerprint density at radius 1 is 1.14 bits per heavy atom. The number of nitriles is 1. The Bertz CT molecular complexity index is 868. The van der Waals surface area contributed by atoms with Gasteiger partial charge in [0.1, 0.15) is 17.4 Å². The minimum Gasteiger partial charge on any atom is -0.397 e. The quantitative estimate of drug-likeness (QED) is 0.703. The molecule has 0 amide bonds. The zero-order valence-corrected chi connectivity index (χ0v) is 11.0. The SMILES string of the molecule is N#Cc1c(F)cccc1Nc1ccc2cnccc2c1N. The molecule has 2 aromatic carbocycles. The number of nitrogens with one attached hydrogen (secondary N) is 1. The zero-order chi connectivity index (χ0) is 14.8. The van der Waals surface area contributed by atoms with Gasteiger partial charge in [-0.3, -0.25) is 4.98 Å². The van der Waals surface area contributed by atoms with Gasteiger partial charge in [0.25, 0.3) is 0 Å². The average molecular weight is 278 g/mol. The van der Waals surface area contributed by atoms with Crippen LogP contribution in [0.3, 0.4) is 0 Å². The summed E-state index contributed by atoms with van der Waals surface area (Å²) in [6.45, 7) is 0. The van der Waals surface area contributed by atoms with Crippen molar-refractivity contribution in [2.45, 2.75) is 0 Å². The maximum atomic E-state index is 13.6. The summed E-state index contributed by atoms with van der Waals surface area (Å²) in [5.74, 6) is -0.564. The summed E-state index contributed by atoms with van der Waals surface area (Å²) in [4.78, 5) is 4.04. The van der Waals surface area contributed by atoms with E-state index in [9.17, 15) is 4.39 Å². The van der Waals surface area contributed by atoms with Crippen LogP contribution >= 0.6 is 0 Å². The molecule has 0 aliphatic heterocycles. The van der Waals surface area contributed by atoms with Crippen molar-refractivity contribution in [3.05, 3.63) is 60.2 Å². The molecule has 3 N–H and O–H groups in total. The largest absolute Gasteiger partial charge is 0.397 e. The van der Waals surface area contributed by atoms with Crippen LogP contribution < -0.4 is 11.1 Å². The summed E-state index contributed by atoms with van der Waals surface area (Å²) in [7, 11) is 0. The second-order valence-corrected chi connectivity index (χ2v) is 4.52. The predicted octanol–water partition coefficient (Wildman–Crippen LogP) is 3.57. The topological polar surface area (TPSA) is 74.7 Å². The molecule has 0 spiro atoms. The molecule has 3 aromatic rings. The van der Waals surface area contributed by atoms with Gasteiger partial charge in [-0.15, -0.1) is 0 Å². The van der Waals surface area contributed by atoms with Gasteiger partial charge < -0.3 is 11.1 Å². The van der Waals surface area contributed by atoms with Gasteiger partial charge in [0, 0.05) is 23.2 Å². The minimum atomic E-state index is -0.564. The fourth-order valence-electron chi connectivity index (χ4n) is 2.19. The normalized spacial score (nSPS) is 10.3. The molecule has 5 heteroatoms. The van der Waals surface area contributed by atoms with E-state index < -0.39 is 5.82 Å². The summed E-state index contributed by atoms with van der Waals surface area (Å²) in [6, 6.07) is 11.7. The van der Waals surface area contributed by atoms with Crippen LogP contribution in [0.25, 0.3) is 10.8 Å². The first-order valence-electron chi connectivity index (χ1n) is 6.28. The van der Waals surface area contributed by atoms with Gasteiger partial charge in [0.15, 0.2) is 0 Å². The van der Waals surface area contributed by atoms with Crippen LogP contribution in [0.5, 0.6) is 0 Å². The molecule has 0 radical (unpaired) electrons. The number of aromatic nitrogens is 1. The highest BCUT2D eigenvalue weighted by Gasteiger charge is 2.10. The van der Waals surface area contributed by atoms with Crippen molar-refractivity contribution in [3.8, 4) is 6.07 Å². The van der Waals surface area contributed by atoms with E-state index in [2.05, 4.69) is 10.3 Å². The van der Waals surface area contributed by atoms with E-state index in [0.717, 1.165) is 10.8 Å². The first-order valence-corrected chi connectivity index (χ1v) is 6.28. The number of pyridine rings is 1. The number of nitrogens with zero attached hydrogens (tertiary/aromatic N) is 2. The van der Waals surface area contributed by atoms with Crippen molar-refractivity contribution in [2.75, 3.05) is 11.1 Å². The van der Waals surface area contributed by atoms with Crippen LogP contribution in [0.2, 0.25) is 0 Å². The van der Waals surface area contributed by atoms with Gasteiger partial charge in [-0.25, -0.2) is 4.39 Å². The fourth-order valence-corrected chi connectivity index (χ4v) is 2.19. The van der Waals surface area contributed by atoms with Gasteiger partial charge in [0.05, 0.1) is 17.1 Å². The van der Waals surface area contributed by atoms with Crippen molar-refractivity contribution < 1.29 is 4.39 Å². The molecule has 0 atom stereocenters. The van der Waals surface area contributed by atoms with Crippen molar-refractivity contribution >= 4 is 27.8 Å². The van der Waals surface area contributed by atoms with Crippen LogP contribution in [0, 0.1) is 17.1 Å². The van der Waals surface area contributed by atoms with E-state index in [4.69, 9.17) is 11.0 Å². The molecular formula is C16H11FN4. The first kappa shape index (κ1) is 12.9. The standard InChI is InChI=1S/C16H11FN4/c17-13-2-1-3-14(12(13)8-18)21-15-5-4-10-9-20-7-6-11(10)16(15)19/h1-7,9,21H,19H2. The molecule has 0 fully saturated rings. The molecule has 0 unspecified atom stereocenters. The highest BCUT2D eigenvalue weighted by Crippen LogP contribution is 2.31. The maximum Gasteiger partial charge on any atom is 0.143 e. The molecule has 21 heavy (non-hydrogen) atoms. The summed E-state index contributed by atoms with van der Waals surface area (Å²) >= 11 is 0. The summed E-state index contributed by atoms with van der Waals surface area (Å²) < 4.78 is 13.6. The average Bonchev–Trinajstić information content (AvgIpc) is 2.50. The van der Waals surface area contributed by atoms with E-state index in [-0.39, 0.29) is 5.56 Å². The highest BCUT2D eigenvalue weighted by atomic mass is 19.1. The molecule has 4 nitrogen and oxygen atoms in total. The summed E-state index contributed by atoms with van der Waals surface area (Å²) in [5, 5.41) is 13.8. The molecule has 0 saturated carbocycles. The Kier molecular flexibility index (Phi) is 3.13. The van der Waals surface area contributed by atoms with E-state index in [1.165, 1.54) is 6.07 Å². The number of hydrogen-bond acceptors (Lipinski definition) is 4. The van der Waals surface area contributed by atoms with E-state index >= 15 is 0 Å². The molecule has 3 rings (SSSR count). The lowest BCUT2D eigenvalue weighted by Crippen LogP contribution is -2.00. The zero-order valence-electron chi connectivity index (χ0n) is 11.0. The molecule has 1 heterocycles. The Morgan fingerprint density at radius 3 is 2.81 bits per heavy atom. The van der Waals surface area contributed by atoms with Crippen LogP contribution in [0.4, 0.5) is 21.5 Å². The number of halogens is 1. The summed E-state index contributed by atoms with van der Waals surface area (Å²) in [6.07, 6.45) is 3.38. The predicted molar refractivity (Wildman–Crippen MR) is 80.6 cm³/mol. The first-order chi connectivity index (χ1) is 10.2. The lowest BCUT2D eigenvalue weighted by Gasteiger charge is -2.12. The third kappa shape index (κ3) is 2.23. The number of benzene rings is 2. The fraction of sp³-hybridized carbons (Fsp3) is 0. The maximum absolute atomic E-state index is 13.6. The Balaban J connectivity index is 2.09. The van der Waals surface area contributed by atoms with E-state index in [1.54, 1.807) is 30.6 Å². The second-order valence-electron chi connectivity index (χ2n) is 4.52. The van der Waals surface area contributed by atoms with Crippen LogP contribution in [-0.4, -0.2) is 4.98 Å². The van der Waals surface area contributed by atoms with Gasteiger partial charge in [0.2, 0.25) is 0 Å². The third-order valence-electron chi connectivity index (χ3n) is 3.26. The molecule has 0 aliphatic rings. The highest BCUT2D eigenvalue weighted by molar-refractivity contribution is 5.99. The molecule has 102 valence electrons. The van der Waals surface area contributed by atoms with Crippen LogP contribution in [-0.2, 0) is 0 Å².